The van der Waals surface area contributed by atoms with E-state index in [1.54, 1.807) is 30.2 Å². The Bertz CT molecular complexity index is 1020. The van der Waals surface area contributed by atoms with Crippen molar-refractivity contribution in [1.29, 1.82) is 0 Å². The van der Waals surface area contributed by atoms with Gasteiger partial charge in [0, 0.05) is 36.3 Å². The number of piperidine rings is 1. The van der Waals surface area contributed by atoms with Crippen molar-refractivity contribution in [1.82, 2.24) is 9.97 Å². The number of nitrogens with one attached hydrogen (secondary N) is 1. The van der Waals surface area contributed by atoms with Crippen molar-refractivity contribution in [2.24, 2.45) is 5.92 Å². The molecule has 1 aromatic heterocycles. The van der Waals surface area contributed by atoms with Crippen LogP contribution in [-0.2, 0) is 4.79 Å². The molecule has 1 fully saturated rings. The number of hydrogen-bond acceptors (Lipinski definition) is 5. The van der Waals surface area contributed by atoms with E-state index in [1.807, 2.05) is 18.2 Å². The van der Waals surface area contributed by atoms with Crippen LogP contribution in [0.5, 0.6) is 0 Å². The Morgan fingerprint density at radius 1 is 1.07 bits per heavy atom. The molecule has 1 amide bonds. The van der Waals surface area contributed by atoms with Crippen molar-refractivity contribution in [2.45, 2.75) is 29.7 Å². The lowest BCUT2D eigenvalue weighted by Gasteiger charge is -2.32. The second-order valence-corrected chi connectivity index (χ2v) is 8.80. The first-order chi connectivity index (χ1) is 14.6. The van der Waals surface area contributed by atoms with Crippen LogP contribution in [0.3, 0.4) is 0 Å². The van der Waals surface area contributed by atoms with Gasteiger partial charge in [-0.2, -0.15) is 0 Å². The van der Waals surface area contributed by atoms with E-state index in [4.69, 9.17) is 11.6 Å². The summed E-state index contributed by atoms with van der Waals surface area (Å²) >= 11 is 7.78. The normalized spacial score (nSPS) is 14.5. The summed E-state index contributed by atoms with van der Waals surface area (Å²) in [6.07, 6.45) is 4.98. The monoisotopic (exact) mass is 438 g/mol. The largest absolute Gasteiger partial charge is 0.354 e. The van der Waals surface area contributed by atoms with Crippen LogP contribution in [0, 0.1) is 12.8 Å². The van der Waals surface area contributed by atoms with Crippen LogP contribution >= 0.6 is 23.4 Å². The number of carbonyl (C=O) groups excluding carboxylic acids is 1. The fraction of sp³-hybridized carbons (Fsp3) is 0.261. The van der Waals surface area contributed by atoms with Gasteiger partial charge < -0.3 is 10.2 Å². The molecular formula is C23H23ClN4OS. The molecule has 0 atom stereocenters. The zero-order valence-corrected chi connectivity index (χ0v) is 18.3. The van der Waals surface area contributed by atoms with Crippen molar-refractivity contribution < 1.29 is 4.79 Å². The summed E-state index contributed by atoms with van der Waals surface area (Å²) in [5.41, 5.74) is 1.90. The van der Waals surface area contributed by atoms with Crippen molar-refractivity contribution >= 4 is 40.8 Å². The predicted molar refractivity (Wildman–Crippen MR) is 122 cm³/mol. The maximum Gasteiger partial charge on any atom is 0.227 e. The van der Waals surface area contributed by atoms with Crippen LogP contribution < -0.4 is 10.2 Å². The maximum atomic E-state index is 12.7. The van der Waals surface area contributed by atoms with Crippen LogP contribution in [0.1, 0.15) is 18.4 Å². The van der Waals surface area contributed by atoms with Crippen LogP contribution in [0.25, 0.3) is 0 Å². The van der Waals surface area contributed by atoms with Crippen LogP contribution in [0.15, 0.2) is 70.8 Å². The zero-order chi connectivity index (χ0) is 20.9. The lowest BCUT2D eigenvalue weighted by atomic mass is 9.96. The van der Waals surface area contributed by atoms with Gasteiger partial charge in [-0.1, -0.05) is 53.2 Å². The van der Waals surface area contributed by atoms with Crippen molar-refractivity contribution in [3.05, 3.63) is 71.5 Å². The molecule has 0 spiro atoms. The number of halogens is 1. The van der Waals surface area contributed by atoms with Gasteiger partial charge in [0.1, 0.15) is 5.03 Å². The van der Waals surface area contributed by atoms with Gasteiger partial charge in [0.05, 0.1) is 10.7 Å². The number of carbonyl (C=O) groups is 1. The summed E-state index contributed by atoms with van der Waals surface area (Å²) < 4.78 is 0. The minimum atomic E-state index is -0.0394. The Hall–Kier alpha value is -2.57. The molecule has 2 heterocycles. The van der Waals surface area contributed by atoms with E-state index in [2.05, 4.69) is 51.4 Å². The first-order valence-electron chi connectivity index (χ1n) is 9.96. The minimum absolute atomic E-state index is 0.0242. The Labute approximate surface area is 185 Å². The summed E-state index contributed by atoms with van der Waals surface area (Å²) in [6, 6.07) is 15.7. The highest BCUT2D eigenvalue weighted by Crippen LogP contribution is 2.34. The molecule has 4 rings (SSSR count). The Kier molecular flexibility index (Phi) is 6.55. The molecule has 0 bridgehead atoms. The molecule has 1 N–H and O–H groups in total. The first kappa shape index (κ1) is 20.7. The summed E-state index contributed by atoms with van der Waals surface area (Å²) in [5, 5.41) is 4.41. The lowest BCUT2D eigenvalue weighted by Crippen LogP contribution is -2.39. The molecule has 154 valence electrons. The maximum absolute atomic E-state index is 12.7. The Balaban J connectivity index is 1.40. The van der Waals surface area contributed by atoms with E-state index < -0.39 is 0 Å². The van der Waals surface area contributed by atoms with Crippen LogP contribution in [0.2, 0.25) is 5.02 Å². The topological polar surface area (TPSA) is 58.1 Å². The molecule has 30 heavy (non-hydrogen) atoms. The number of rotatable bonds is 5. The highest BCUT2D eigenvalue weighted by Gasteiger charge is 2.27. The highest BCUT2D eigenvalue weighted by atomic mass is 35.5. The van der Waals surface area contributed by atoms with E-state index >= 15 is 0 Å². The molecule has 5 nitrogen and oxygen atoms in total. The molecule has 7 heteroatoms. The van der Waals surface area contributed by atoms with Gasteiger partial charge >= 0.3 is 0 Å². The van der Waals surface area contributed by atoms with Crippen molar-refractivity contribution in [2.75, 3.05) is 23.3 Å². The standard InChI is InChI=1S/C23H23ClN4OS/c1-16-6-8-18(9-7-16)30-23-21(25-12-13-26-23)28-14-10-17(11-15-28)22(29)27-20-5-3-2-4-19(20)24/h2-9,12-13,17H,10-11,14-15H2,1H3,(H,27,29). The average Bonchev–Trinajstić information content (AvgIpc) is 2.77. The zero-order valence-electron chi connectivity index (χ0n) is 16.7. The third-order valence-electron chi connectivity index (χ3n) is 5.18. The van der Waals surface area contributed by atoms with E-state index in [0.29, 0.717) is 10.7 Å². The first-order valence-corrected chi connectivity index (χ1v) is 11.2. The molecule has 1 saturated heterocycles. The van der Waals surface area contributed by atoms with Gasteiger partial charge in [-0.3, -0.25) is 4.79 Å². The number of aromatic nitrogens is 2. The molecule has 2 aromatic carbocycles. The van der Waals surface area contributed by atoms with Crippen LogP contribution in [-0.4, -0.2) is 29.0 Å². The number of aryl methyl sites for hydroxylation is 1. The SMILES string of the molecule is Cc1ccc(Sc2nccnc2N2CCC(C(=O)Nc3ccccc3Cl)CC2)cc1. The van der Waals surface area contributed by atoms with Gasteiger partial charge in [-0.25, -0.2) is 9.97 Å². The molecule has 0 unspecified atom stereocenters. The number of para-hydroxylation sites is 1. The lowest BCUT2D eigenvalue weighted by molar-refractivity contribution is -0.120. The Morgan fingerprint density at radius 2 is 1.77 bits per heavy atom. The molecular weight excluding hydrogens is 416 g/mol. The summed E-state index contributed by atoms with van der Waals surface area (Å²) in [4.78, 5) is 25.2. The second-order valence-electron chi connectivity index (χ2n) is 7.33. The molecule has 1 aliphatic heterocycles. The van der Waals surface area contributed by atoms with E-state index in [-0.39, 0.29) is 11.8 Å². The van der Waals surface area contributed by atoms with Gasteiger partial charge in [-0.15, -0.1) is 0 Å². The van der Waals surface area contributed by atoms with Crippen molar-refractivity contribution in [3.8, 4) is 0 Å². The summed E-state index contributed by atoms with van der Waals surface area (Å²) in [5.74, 6) is 0.867. The quantitative estimate of drug-likeness (QED) is 0.574. The number of amides is 1. The number of anilines is 2. The van der Waals surface area contributed by atoms with Crippen LogP contribution in [0.4, 0.5) is 11.5 Å². The van der Waals surface area contributed by atoms with E-state index in [1.165, 1.54) is 5.56 Å². The fourth-order valence-electron chi connectivity index (χ4n) is 3.48. The minimum Gasteiger partial charge on any atom is -0.354 e. The van der Waals surface area contributed by atoms with Gasteiger partial charge in [0.15, 0.2) is 5.82 Å². The van der Waals surface area contributed by atoms with Gasteiger partial charge in [-0.05, 0) is 44.0 Å². The third kappa shape index (κ3) is 4.94. The molecule has 0 aliphatic carbocycles. The molecule has 3 aromatic rings. The second kappa shape index (κ2) is 9.49. The highest BCUT2D eigenvalue weighted by molar-refractivity contribution is 7.99. The molecule has 1 aliphatic rings. The molecule has 0 saturated carbocycles. The Morgan fingerprint density at radius 3 is 2.50 bits per heavy atom. The number of nitrogens with zero attached hydrogens (tertiary/aromatic N) is 3. The van der Waals surface area contributed by atoms with Crippen molar-refractivity contribution in [3.63, 3.8) is 0 Å². The summed E-state index contributed by atoms with van der Waals surface area (Å²) in [6.45, 7) is 3.61. The summed E-state index contributed by atoms with van der Waals surface area (Å²) in [7, 11) is 0. The smallest absolute Gasteiger partial charge is 0.227 e. The number of hydrogen-bond donors (Lipinski definition) is 1. The van der Waals surface area contributed by atoms with Gasteiger partial charge in [0.25, 0.3) is 0 Å². The average molecular weight is 439 g/mol. The molecule has 0 radical (unpaired) electrons. The van der Waals surface area contributed by atoms with E-state index in [0.717, 1.165) is 41.7 Å². The van der Waals surface area contributed by atoms with Gasteiger partial charge in [0.2, 0.25) is 5.91 Å². The predicted octanol–water partition coefficient (Wildman–Crippen LogP) is 5.44. The number of benzene rings is 2. The fourth-order valence-corrected chi connectivity index (χ4v) is 4.54. The third-order valence-corrected chi connectivity index (χ3v) is 6.50. The van der Waals surface area contributed by atoms with E-state index in [9.17, 15) is 4.79 Å².